The lowest BCUT2D eigenvalue weighted by Crippen LogP contribution is -2.45. The fourth-order valence-electron chi connectivity index (χ4n) is 3.42. The molecular formula is C22H18F6O4. The number of ketones is 1. The van der Waals surface area contributed by atoms with E-state index in [1.54, 1.807) is 0 Å². The van der Waals surface area contributed by atoms with E-state index < -0.39 is 46.8 Å². The van der Waals surface area contributed by atoms with Crippen LogP contribution in [0.1, 0.15) is 41.8 Å². The van der Waals surface area contributed by atoms with Crippen LogP contribution in [0.3, 0.4) is 0 Å². The van der Waals surface area contributed by atoms with E-state index in [-0.39, 0.29) is 34.9 Å². The Kier molecular flexibility index (Phi) is 5.78. The van der Waals surface area contributed by atoms with Gasteiger partial charge in [-0.1, -0.05) is 6.07 Å². The summed E-state index contributed by atoms with van der Waals surface area (Å²) in [5.74, 6) is -0.980. The molecule has 0 saturated heterocycles. The lowest BCUT2D eigenvalue weighted by molar-refractivity contribution is -0.156. The van der Waals surface area contributed by atoms with Crippen LogP contribution >= 0.6 is 0 Å². The van der Waals surface area contributed by atoms with Gasteiger partial charge >= 0.3 is 18.3 Å². The highest BCUT2D eigenvalue weighted by Crippen LogP contribution is 2.41. The van der Waals surface area contributed by atoms with Crippen molar-refractivity contribution in [2.45, 2.75) is 38.7 Å². The van der Waals surface area contributed by atoms with Crippen LogP contribution in [0.4, 0.5) is 26.3 Å². The molecule has 3 rings (SSSR count). The maximum absolute atomic E-state index is 13.2. The maximum atomic E-state index is 13.2. The van der Waals surface area contributed by atoms with Crippen molar-refractivity contribution in [2.75, 3.05) is 7.11 Å². The van der Waals surface area contributed by atoms with E-state index in [4.69, 9.17) is 9.47 Å². The van der Waals surface area contributed by atoms with Crippen LogP contribution in [0.5, 0.6) is 5.75 Å². The fourth-order valence-corrected chi connectivity index (χ4v) is 3.42. The minimum Gasteiger partial charge on any atom is -0.488 e. The van der Waals surface area contributed by atoms with Crippen molar-refractivity contribution in [2.24, 2.45) is 5.41 Å². The third-order valence-electron chi connectivity index (χ3n) is 5.36. The van der Waals surface area contributed by atoms with E-state index in [1.807, 2.05) is 0 Å². The van der Waals surface area contributed by atoms with Gasteiger partial charge in [0, 0.05) is 6.42 Å². The van der Waals surface area contributed by atoms with Crippen molar-refractivity contribution in [3.8, 4) is 16.9 Å². The van der Waals surface area contributed by atoms with E-state index in [1.165, 1.54) is 39.2 Å². The number of ether oxygens (including phenoxy) is 2. The molecule has 1 atom stereocenters. The number of hydrogen-bond donors (Lipinski definition) is 0. The molecule has 0 aliphatic carbocycles. The summed E-state index contributed by atoms with van der Waals surface area (Å²) < 4.78 is 89.4. The van der Waals surface area contributed by atoms with Crippen LogP contribution in [-0.2, 0) is 21.9 Å². The van der Waals surface area contributed by atoms with E-state index >= 15 is 0 Å². The maximum Gasteiger partial charge on any atom is 0.416 e. The number of hydrogen-bond acceptors (Lipinski definition) is 4. The van der Waals surface area contributed by atoms with Gasteiger partial charge in [-0.3, -0.25) is 9.59 Å². The van der Waals surface area contributed by atoms with Gasteiger partial charge < -0.3 is 9.47 Å². The van der Waals surface area contributed by atoms with Crippen molar-refractivity contribution in [3.05, 3.63) is 53.1 Å². The molecule has 10 heteroatoms. The highest BCUT2D eigenvalue weighted by atomic mass is 19.4. The first kappa shape index (κ1) is 23.6. The molecule has 0 radical (unpaired) electrons. The van der Waals surface area contributed by atoms with Gasteiger partial charge in [0.1, 0.15) is 11.9 Å². The number of fused-ring (bicyclic) bond motifs is 1. The second kappa shape index (κ2) is 7.83. The molecule has 0 amide bonds. The molecular weight excluding hydrogens is 442 g/mol. The summed E-state index contributed by atoms with van der Waals surface area (Å²) >= 11 is 0. The average molecular weight is 460 g/mol. The number of carbonyl (C=O) groups excluding carboxylic acids is 2. The number of carbonyl (C=O) groups is 2. The van der Waals surface area contributed by atoms with Gasteiger partial charge in [0.05, 0.1) is 29.2 Å². The van der Waals surface area contributed by atoms with Crippen LogP contribution in [0.15, 0.2) is 36.4 Å². The zero-order chi connectivity index (χ0) is 24.1. The van der Waals surface area contributed by atoms with Crippen molar-refractivity contribution in [1.29, 1.82) is 0 Å². The molecule has 2 aromatic rings. The van der Waals surface area contributed by atoms with Crippen LogP contribution in [-0.4, -0.2) is 25.0 Å². The van der Waals surface area contributed by atoms with Gasteiger partial charge in [0.25, 0.3) is 0 Å². The Morgan fingerprint density at radius 3 is 2.00 bits per heavy atom. The number of esters is 1. The van der Waals surface area contributed by atoms with Crippen LogP contribution < -0.4 is 4.74 Å². The highest BCUT2D eigenvalue weighted by Gasteiger charge is 2.44. The summed E-state index contributed by atoms with van der Waals surface area (Å²) in [6, 6.07) is 4.96. The Morgan fingerprint density at radius 2 is 1.50 bits per heavy atom. The zero-order valence-electron chi connectivity index (χ0n) is 17.1. The molecule has 1 heterocycles. The molecule has 172 valence electrons. The molecule has 1 aliphatic rings. The Bertz CT molecular complexity index is 1040. The number of methoxy groups -OCH3 is 1. The third-order valence-corrected chi connectivity index (χ3v) is 5.36. The largest absolute Gasteiger partial charge is 0.488 e. The number of rotatable bonds is 3. The zero-order valence-corrected chi connectivity index (χ0v) is 17.1. The number of benzene rings is 2. The van der Waals surface area contributed by atoms with Gasteiger partial charge in [0.2, 0.25) is 0 Å². The summed E-state index contributed by atoms with van der Waals surface area (Å²) in [6.07, 6.45) is -11.0. The molecule has 32 heavy (non-hydrogen) atoms. The number of alkyl halides is 6. The van der Waals surface area contributed by atoms with Gasteiger partial charge in [0.15, 0.2) is 5.78 Å². The summed E-state index contributed by atoms with van der Waals surface area (Å²) in [5.41, 5.74) is -4.43. The van der Waals surface area contributed by atoms with Crippen molar-refractivity contribution >= 4 is 11.8 Å². The van der Waals surface area contributed by atoms with Crippen LogP contribution in [0.2, 0.25) is 0 Å². The van der Waals surface area contributed by atoms with E-state index in [2.05, 4.69) is 0 Å². The first-order valence-corrected chi connectivity index (χ1v) is 9.36. The molecule has 0 saturated carbocycles. The lowest BCUT2D eigenvalue weighted by Gasteiger charge is -2.35. The standard InChI is InChI=1S/C22H18F6O4/c1-20(2,19(30)31-3)18-10-16(29)15-8-11(4-5-17(15)32-18)12-6-13(21(23,24)25)9-14(7-12)22(26,27)28/h4-9,18H,10H2,1-3H3/t18-/m0/s1. The predicted octanol–water partition coefficient (Wildman–Crippen LogP) is 5.92. The minimum absolute atomic E-state index is 0.00499. The Morgan fingerprint density at radius 1 is 0.938 bits per heavy atom. The second-order valence-electron chi connectivity index (χ2n) is 7.95. The smallest absolute Gasteiger partial charge is 0.416 e. The molecule has 0 bridgehead atoms. The highest BCUT2D eigenvalue weighted by molar-refractivity contribution is 6.01. The topological polar surface area (TPSA) is 52.6 Å². The Hall–Kier alpha value is -3.04. The lowest BCUT2D eigenvalue weighted by atomic mass is 9.81. The molecule has 0 spiro atoms. The fraction of sp³-hybridized carbons (Fsp3) is 0.364. The van der Waals surface area contributed by atoms with E-state index in [0.29, 0.717) is 12.1 Å². The number of halogens is 6. The molecule has 2 aromatic carbocycles. The molecule has 0 fully saturated rings. The normalized spacial score (nSPS) is 16.9. The van der Waals surface area contributed by atoms with Crippen molar-refractivity contribution < 1.29 is 45.4 Å². The SMILES string of the molecule is COC(=O)C(C)(C)[C@@H]1CC(=O)c2cc(-c3cc(C(F)(F)F)cc(C(F)(F)F)c3)ccc2O1. The van der Waals surface area contributed by atoms with Crippen LogP contribution in [0, 0.1) is 5.41 Å². The Balaban J connectivity index is 2.05. The number of Topliss-reactive ketones (excluding diaryl/α,β-unsaturated/α-hetero) is 1. The molecule has 4 nitrogen and oxygen atoms in total. The molecule has 1 aliphatic heterocycles. The van der Waals surface area contributed by atoms with Gasteiger partial charge in [-0.25, -0.2) is 0 Å². The molecule has 0 unspecified atom stereocenters. The summed E-state index contributed by atoms with van der Waals surface area (Å²) in [6.45, 7) is 3.08. The van der Waals surface area contributed by atoms with Crippen molar-refractivity contribution in [1.82, 2.24) is 0 Å². The third kappa shape index (κ3) is 4.44. The minimum atomic E-state index is -4.99. The van der Waals surface area contributed by atoms with Crippen LogP contribution in [0.25, 0.3) is 11.1 Å². The summed E-state index contributed by atoms with van der Waals surface area (Å²) in [4.78, 5) is 24.7. The predicted molar refractivity (Wildman–Crippen MR) is 101 cm³/mol. The molecule has 0 aromatic heterocycles. The summed E-state index contributed by atoms with van der Waals surface area (Å²) in [5, 5.41) is 0. The van der Waals surface area contributed by atoms with Gasteiger partial charge in [-0.15, -0.1) is 0 Å². The van der Waals surface area contributed by atoms with Crippen molar-refractivity contribution in [3.63, 3.8) is 0 Å². The molecule has 0 N–H and O–H groups in total. The average Bonchev–Trinajstić information content (AvgIpc) is 2.71. The van der Waals surface area contributed by atoms with Gasteiger partial charge in [-0.05, 0) is 55.3 Å². The van der Waals surface area contributed by atoms with E-state index in [0.717, 1.165) is 0 Å². The Labute approximate surface area is 179 Å². The summed E-state index contributed by atoms with van der Waals surface area (Å²) in [7, 11) is 1.19. The first-order valence-electron chi connectivity index (χ1n) is 9.36. The quantitative estimate of drug-likeness (QED) is 0.421. The first-order chi connectivity index (χ1) is 14.6. The monoisotopic (exact) mass is 460 g/mol. The second-order valence-corrected chi connectivity index (χ2v) is 7.95. The van der Waals surface area contributed by atoms with E-state index in [9.17, 15) is 35.9 Å². The van der Waals surface area contributed by atoms with Gasteiger partial charge in [-0.2, -0.15) is 26.3 Å².